The quantitative estimate of drug-likeness (QED) is 0.699. The minimum atomic E-state index is -4.22. The Balaban J connectivity index is 2.52. The minimum absolute atomic E-state index is 0.0243. The molecule has 1 aliphatic rings. The van der Waals surface area contributed by atoms with E-state index in [1.54, 1.807) is 0 Å². The standard InChI is InChI=1S/C9H17F3N2/c1-8(2)4-5-13-7(8)6-14(3)9(10,11)12/h7,13H,4-6H2,1-3H3. The van der Waals surface area contributed by atoms with Crippen LogP contribution in [0.4, 0.5) is 13.2 Å². The lowest BCUT2D eigenvalue weighted by atomic mass is 9.85. The van der Waals surface area contributed by atoms with Crippen molar-refractivity contribution < 1.29 is 13.2 Å². The molecule has 1 rings (SSSR count). The largest absolute Gasteiger partial charge is 0.459 e. The number of alkyl halides is 3. The van der Waals surface area contributed by atoms with Gasteiger partial charge >= 0.3 is 6.30 Å². The van der Waals surface area contributed by atoms with Gasteiger partial charge in [-0.25, -0.2) is 4.90 Å². The molecule has 1 unspecified atom stereocenters. The number of hydrogen-bond donors (Lipinski definition) is 1. The van der Waals surface area contributed by atoms with Gasteiger partial charge < -0.3 is 5.32 Å². The van der Waals surface area contributed by atoms with Crippen LogP contribution in [0.2, 0.25) is 0 Å². The second-order valence-electron chi connectivity index (χ2n) is 4.59. The van der Waals surface area contributed by atoms with E-state index in [4.69, 9.17) is 0 Å². The molecule has 84 valence electrons. The Morgan fingerprint density at radius 1 is 1.43 bits per heavy atom. The summed E-state index contributed by atoms with van der Waals surface area (Å²) in [5.74, 6) is 0. The molecule has 0 saturated carbocycles. The van der Waals surface area contributed by atoms with Gasteiger partial charge in [-0.05, 0) is 25.4 Å². The molecule has 14 heavy (non-hydrogen) atoms. The highest BCUT2D eigenvalue weighted by molar-refractivity contribution is 4.92. The van der Waals surface area contributed by atoms with Crippen molar-refractivity contribution in [1.82, 2.24) is 10.2 Å². The van der Waals surface area contributed by atoms with Gasteiger partial charge in [0.15, 0.2) is 0 Å². The van der Waals surface area contributed by atoms with Gasteiger partial charge in [0.05, 0.1) is 0 Å². The van der Waals surface area contributed by atoms with Crippen LogP contribution in [0.5, 0.6) is 0 Å². The summed E-state index contributed by atoms with van der Waals surface area (Å²) in [6.07, 6.45) is -3.29. The molecule has 0 aromatic rings. The van der Waals surface area contributed by atoms with Crippen LogP contribution in [0.3, 0.4) is 0 Å². The summed E-state index contributed by atoms with van der Waals surface area (Å²) < 4.78 is 36.8. The number of rotatable bonds is 2. The molecule has 1 saturated heterocycles. The second kappa shape index (κ2) is 3.70. The molecular weight excluding hydrogens is 193 g/mol. The van der Waals surface area contributed by atoms with Gasteiger partial charge in [-0.1, -0.05) is 13.8 Å². The zero-order valence-electron chi connectivity index (χ0n) is 8.78. The maximum atomic E-state index is 12.3. The SMILES string of the molecule is CN(CC1NCCC1(C)C)C(F)(F)F. The summed E-state index contributed by atoms with van der Waals surface area (Å²) in [7, 11) is 1.09. The fourth-order valence-corrected chi connectivity index (χ4v) is 1.71. The Morgan fingerprint density at radius 2 is 2.00 bits per heavy atom. The normalized spacial score (nSPS) is 27.2. The Labute approximate surface area is 82.5 Å². The van der Waals surface area contributed by atoms with Crippen molar-refractivity contribution in [2.45, 2.75) is 32.6 Å². The highest BCUT2D eigenvalue weighted by Gasteiger charge is 2.40. The van der Waals surface area contributed by atoms with Gasteiger partial charge in [0.25, 0.3) is 0 Å². The molecule has 2 nitrogen and oxygen atoms in total. The molecule has 1 heterocycles. The van der Waals surface area contributed by atoms with E-state index in [1.807, 2.05) is 13.8 Å². The van der Waals surface area contributed by atoms with E-state index in [1.165, 1.54) is 0 Å². The first kappa shape index (κ1) is 11.8. The second-order valence-corrected chi connectivity index (χ2v) is 4.59. The van der Waals surface area contributed by atoms with E-state index in [9.17, 15) is 13.2 Å². The minimum Gasteiger partial charge on any atom is -0.312 e. The van der Waals surface area contributed by atoms with E-state index < -0.39 is 6.30 Å². The fourth-order valence-electron chi connectivity index (χ4n) is 1.71. The zero-order valence-corrected chi connectivity index (χ0v) is 8.78. The summed E-state index contributed by atoms with van der Waals surface area (Å²) in [5.41, 5.74) is -0.0422. The number of halogens is 3. The average Bonchev–Trinajstić information content (AvgIpc) is 2.29. The van der Waals surface area contributed by atoms with Crippen LogP contribution in [-0.4, -0.2) is 37.4 Å². The van der Waals surface area contributed by atoms with Crippen LogP contribution < -0.4 is 5.32 Å². The van der Waals surface area contributed by atoms with Gasteiger partial charge in [0.2, 0.25) is 0 Å². The first-order valence-electron chi connectivity index (χ1n) is 4.75. The van der Waals surface area contributed by atoms with Gasteiger partial charge in [0, 0.05) is 12.6 Å². The van der Waals surface area contributed by atoms with Crippen LogP contribution in [0.15, 0.2) is 0 Å². The van der Waals surface area contributed by atoms with Crippen LogP contribution in [-0.2, 0) is 0 Å². The molecular formula is C9H17F3N2. The maximum absolute atomic E-state index is 12.3. The average molecular weight is 210 g/mol. The highest BCUT2D eigenvalue weighted by atomic mass is 19.4. The van der Waals surface area contributed by atoms with Crippen molar-refractivity contribution in [1.29, 1.82) is 0 Å². The fraction of sp³-hybridized carbons (Fsp3) is 1.00. The van der Waals surface area contributed by atoms with E-state index in [-0.39, 0.29) is 18.0 Å². The number of nitrogens with zero attached hydrogens (tertiary/aromatic N) is 1. The molecule has 5 heteroatoms. The topological polar surface area (TPSA) is 15.3 Å². The first-order valence-corrected chi connectivity index (χ1v) is 4.75. The third-order valence-corrected chi connectivity index (χ3v) is 2.99. The monoisotopic (exact) mass is 210 g/mol. The number of likely N-dealkylation sites (N-methyl/N-ethyl adjacent to an activating group) is 1. The molecule has 1 atom stereocenters. The number of nitrogens with one attached hydrogen (secondary N) is 1. The molecule has 0 aromatic heterocycles. The van der Waals surface area contributed by atoms with Crippen LogP contribution in [0, 0.1) is 5.41 Å². The van der Waals surface area contributed by atoms with Crippen LogP contribution in [0.1, 0.15) is 20.3 Å². The first-order chi connectivity index (χ1) is 6.23. The van der Waals surface area contributed by atoms with E-state index in [0.29, 0.717) is 4.90 Å². The lowest BCUT2D eigenvalue weighted by Crippen LogP contribution is -2.47. The van der Waals surface area contributed by atoms with Gasteiger partial charge in [-0.3, -0.25) is 0 Å². The van der Waals surface area contributed by atoms with Crippen molar-refractivity contribution in [2.24, 2.45) is 5.41 Å². The summed E-state index contributed by atoms with van der Waals surface area (Å²) in [5, 5.41) is 3.11. The molecule has 1 aliphatic heterocycles. The predicted octanol–water partition coefficient (Wildman–Crippen LogP) is 1.83. The molecule has 0 bridgehead atoms. The van der Waals surface area contributed by atoms with E-state index in [0.717, 1.165) is 20.0 Å². The maximum Gasteiger partial charge on any atom is 0.459 e. The molecule has 1 N–H and O–H groups in total. The van der Waals surface area contributed by atoms with E-state index in [2.05, 4.69) is 5.32 Å². The summed E-state index contributed by atoms with van der Waals surface area (Å²) in [6, 6.07) is -0.0749. The molecule has 0 spiro atoms. The van der Waals surface area contributed by atoms with Crippen LogP contribution >= 0.6 is 0 Å². The van der Waals surface area contributed by atoms with Gasteiger partial charge in [-0.2, -0.15) is 13.2 Å². The number of hydrogen-bond acceptors (Lipinski definition) is 2. The molecule has 0 radical (unpaired) electrons. The Hall–Kier alpha value is -0.290. The summed E-state index contributed by atoms with van der Waals surface area (Å²) in [6.45, 7) is 4.84. The lowest BCUT2D eigenvalue weighted by molar-refractivity contribution is -0.239. The Morgan fingerprint density at radius 3 is 2.36 bits per heavy atom. The van der Waals surface area contributed by atoms with Crippen LogP contribution in [0.25, 0.3) is 0 Å². The third-order valence-electron chi connectivity index (χ3n) is 2.99. The highest BCUT2D eigenvalue weighted by Crippen LogP contribution is 2.31. The third kappa shape index (κ3) is 2.60. The lowest BCUT2D eigenvalue weighted by Gasteiger charge is -2.31. The van der Waals surface area contributed by atoms with Gasteiger partial charge in [0.1, 0.15) is 0 Å². The Kier molecular flexibility index (Phi) is 3.11. The Bertz CT molecular complexity index is 201. The summed E-state index contributed by atoms with van der Waals surface area (Å²) >= 11 is 0. The molecule has 0 amide bonds. The summed E-state index contributed by atoms with van der Waals surface area (Å²) in [4.78, 5) is 0.442. The molecule has 1 fully saturated rings. The van der Waals surface area contributed by atoms with Crippen molar-refractivity contribution in [3.05, 3.63) is 0 Å². The van der Waals surface area contributed by atoms with Crippen molar-refractivity contribution in [3.8, 4) is 0 Å². The van der Waals surface area contributed by atoms with E-state index >= 15 is 0 Å². The predicted molar refractivity (Wildman–Crippen MR) is 48.9 cm³/mol. The van der Waals surface area contributed by atoms with Gasteiger partial charge in [-0.15, -0.1) is 0 Å². The van der Waals surface area contributed by atoms with Crippen molar-refractivity contribution in [3.63, 3.8) is 0 Å². The zero-order chi connectivity index (χ0) is 11.0. The smallest absolute Gasteiger partial charge is 0.312 e. The van der Waals surface area contributed by atoms with Crippen molar-refractivity contribution >= 4 is 0 Å². The molecule has 0 aliphatic carbocycles. The molecule has 0 aromatic carbocycles. The van der Waals surface area contributed by atoms with Crippen molar-refractivity contribution in [2.75, 3.05) is 20.1 Å².